The highest BCUT2D eigenvalue weighted by atomic mass is 32.2. The van der Waals surface area contributed by atoms with Gasteiger partial charge in [0.25, 0.3) is 11.8 Å². The first-order valence-corrected chi connectivity index (χ1v) is 12.3. The van der Waals surface area contributed by atoms with E-state index in [-0.39, 0.29) is 17.6 Å². The van der Waals surface area contributed by atoms with Gasteiger partial charge in [0.15, 0.2) is 0 Å². The Morgan fingerprint density at radius 2 is 1.76 bits per heavy atom. The number of benzene rings is 3. The summed E-state index contributed by atoms with van der Waals surface area (Å²) in [5, 5.41) is 2.86. The van der Waals surface area contributed by atoms with Gasteiger partial charge in [-0.25, -0.2) is 4.39 Å². The molecule has 1 saturated heterocycles. The summed E-state index contributed by atoms with van der Waals surface area (Å²) in [6.07, 6.45) is 4.58. The maximum absolute atomic E-state index is 14.0. The van der Waals surface area contributed by atoms with Crippen LogP contribution in [0.4, 0.5) is 10.1 Å². The van der Waals surface area contributed by atoms with E-state index >= 15 is 0 Å². The molecule has 2 heterocycles. The maximum atomic E-state index is 14.0. The van der Waals surface area contributed by atoms with Crippen LogP contribution in [0.2, 0.25) is 0 Å². The summed E-state index contributed by atoms with van der Waals surface area (Å²) < 4.78 is 14.0. The molecule has 1 fully saturated rings. The van der Waals surface area contributed by atoms with E-state index in [0.717, 1.165) is 37.2 Å². The van der Waals surface area contributed by atoms with Gasteiger partial charge in [-0.1, -0.05) is 60.3 Å². The number of rotatable bonds is 4. The molecule has 2 aliphatic rings. The van der Waals surface area contributed by atoms with E-state index in [0.29, 0.717) is 27.6 Å². The summed E-state index contributed by atoms with van der Waals surface area (Å²) in [4.78, 5) is 28.9. The third kappa shape index (κ3) is 4.92. The Kier molecular flexibility index (Phi) is 6.50. The molecule has 34 heavy (non-hydrogen) atoms. The number of halogens is 1. The molecule has 1 N–H and O–H groups in total. The third-order valence-corrected chi connectivity index (χ3v) is 7.48. The van der Waals surface area contributed by atoms with Crippen molar-refractivity contribution in [2.24, 2.45) is 5.92 Å². The van der Waals surface area contributed by atoms with Gasteiger partial charge in [-0.15, -0.1) is 0 Å². The summed E-state index contributed by atoms with van der Waals surface area (Å²) in [6, 6.07) is 22.3. The highest BCUT2D eigenvalue weighted by Crippen LogP contribution is 2.39. The second kappa shape index (κ2) is 9.85. The van der Waals surface area contributed by atoms with Crippen LogP contribution in [0.5, 0.6) is 0 Å². The summed E-state index contributed by atoms with van der Waals surface area (Å²) in [5.74, 6) is -0.0898. The molecule has 3 aromatic carbocycles. The van der Waals surface area contributed by atoms with Gasteiger partial charge in [-0.05, 0) is 61.1 Å². The fourth-order valence-electron chi connectivity index (χ4n) is 4.50. The summed E-state index contributed by atoms with van der Waals surface area (Å²) in [5.41, 5.74) is 2.90. The smallest absolute Gasteiger partial charge is 0.262 e. The molecule has 0 bridgehead atoms. The molecule has 0 saturated carbocycles. The zero-order valence-electron chi connectivity index (χ0n) is 18.7. The van der Waals surface area contributed by atoms with Crippen molar-refractivity contribution in [1.29, 1.82) is 0 Å². The Bertz CT molecular complexity index is 1250. The van der Waals surface area contributed by atoms with Crippen molar-refractivity contribution < 1.29 is 14.0 Å². The fraction of sp³-hybridized carbons (Fsp3) is 0.214. The molecule has 3 aromatic rings. The maximum Gasteiger partial charge on any atom is 0.262 e. The number of nitrogens with one attached hydrogen (secondary N) is 1. The van der Waals surface area contributed by atoms with E-state index in [2.05, 4.69) is 29.6 Å². The van der Waals surface area contributed by atoms with Crippen molar-refractivity contribution in [2.75, 3.05) is 18.4 Å². The number of thioether (sulfide) groups is 1. The van der Waals surface area contributed by atoms with Crippen molar-refractivity contribution in [2.45, 2.75) is 24.2 Å². The van der Waals surface area contributed by atoms with Crippen molar-refractivity contribution in [3.63, 3.8) is 0 Å². The number of hydrogen-bond acceptors (Lipinski definition) is 3. The van der Waals surface area contributed by atoms with E-state index in [1.54, 1.807) is 30.3 Å². The van der Waals surface area contributed by atoms with E-state index in [1.807, 2.05) is 23.1 Å². The van der Waals surface area contributed by atoms with Crippen LogP contribution in [0.15, 0.2) is 82.6 Å². The molecule has 2 amide bonds. The lowest BCUT2D eigenvalue weighted by Crippen LogP contribution is -2.39. The van der Waals surface area contributed by atoms with E-state index < -0.39 is 0 Å². The highest BCUT2D eigenvalue weighted by Gasteiger charge is 2.26. The topological polar surface area (TPSA) is 49.4 Å². The molecule has 4 nitrogen and oxygen atoms in total. The molecular weight excluding hydrogens is 447 g/mol. The van der Waals surface area contributed by atoms with Crippen molar-refractivity contribution in [3.8, 4) is 0 Å². The molecule has 0 aliphatic carbocycles. The summed E-state index contributed by atoms with van der Waals surface area (Å²) >= 11 is 1.28. The predicted octanol–water partition coefficient (Wildman–Crippen LogP) is 6.01. The molecule has 172 valence electrons. The van der Waals surface area contributed by atoms with Gasteiger partial charge >= 0.3 is 0 Å². The van der Waals surface area contributed by atoms with Crippen LogP contribution >= 0.6 is 11.8 Å². The average molecular weight is 473 g/mol. The van der Waals surface area contributed by atoms with E-state index in [4.69, 9.17) is 0 Å². The molecule has 0 radical (unpaired) electrons. The van der Waals surface area contributed by atoms with Crippen LogP contribution in [0.1, 0.15) is 34.3 Å². The minimum absolute atomic E-state index is 0.00657. The van der Waals surface area contributed by atoms with Crippen LogP contribution in [0.25, 0.3) is 6.08 Å². The number of anilines is 1. The Balaban J connectivity index is 1.25. The molecule has 5 rings (SSSR count). The molecule has 0 spiro atoms. The first-order valence-electron chi connectivity index (χ1n) is 11.5. The van der Waals surface area contributed by atoms with Gasteiger partial charge < -0.3 is 10.2 Å². The standard InChI is InChI=1S/C28H25FN2O2S/c29-23-9-5-4-8-21(23)18-26-27(32)30-24-17-22(10-11-25(24)34-26)28(33)31-14-12-20(13-15-31)16-19-6-2-1-3-7-19/h1-11,17-18,20H,12-16H2,(H,30,32)/b26-18+. The SMILES string of the molecule is O=C1Nc2cc(C(=O)N3CCC(Cc4ccccc4)CC3)ccc2S/C1=C/c1ccccc1F. The lowest BCUT2D eigenvalue weighted by molar-refractivity contribution is -0.112. The van der Waals surface area contributed by atoms with Crippen molar-refractivity contribution >= 4 is 35.3 Å². The Labute approximate surface area is 202 Å². The van der Waals surface area contributed by atoms with Gasteiger partial charge in [0.2, 0.25) is 0 Å². The first-order chi connectivity index (χ1) is 16.6. The molecule has 0 aromatic heterocycles. The Hall–Kier alpha value is -3.38. The molecular formula is C28H25FN2O2S. The average Bonchev–Trinajstić information content (AvgIpc) is 2.86. The largest absolute Gasteiger partial charge is 0.339 e. The normalized spacial score (nSPS) is 17.4. The van der Waals surface area contributed by atoms with Gasteiger partial charge in [0.1, 0.15) is 5.82 Å². The minimum Gasteiger partial charge on any atom is -0.339 e. The van der Waals surface area contributed by atoms with Gasteiger partial charge in [0, 0.05) is 29.1 Å². The Morgan fingerprint density at radius 3 is 2.53 bits per heavy atom. The third-order valence-electron chi connectivity index (χ3n) is 6.38. The van der Waals surface area contributed by atoms with Gasteiger partial charge in [-0.3, -0.25) is 9.59 Å². The quantitative estimate of drug-likeness (QED) is 0.474. The van der Waals surface area contributed by atoms with E-state index in [1.165, 1.54) is 23.4 Å². The first kappa shape index (κ1) is 22.4. The Morgan fingerprint density at radius 1 is 1.03 bits per heavy atom. The number of fused-ring (bicyclic) bond motifs is 1. The van der Waals surface area contributed by atoms with E-state index in [9.17, 15) is 14.0 Å². The van der Waals surface area contributed by atoms with Crippen LogP contribution in [0, 0.1) is 11.7 Å². The fourth-order valence-corrected chi connectivity index (χ4v) is 5.42. The van der Waals surface area contributed by atoms with Crippen LogP contribution in [-0.2, 0) is 11.2 Å². The predicted molar refractivity (Wildman–Crippen MR) is 134 cm³/mol. The summed E-state index contributed by atoms with van der Waals surface area (Å²) in [6.45, 7) is 1.48. The minimum atomic E-state index is -0.373. The summed E-state index contributed by atoms with van der Waals surface area (Å²) in [7, 11) is 0. The van der Waals surface area contributed by atoms with Gasteiger partial charge in [-0.2, -0.15) is 0 Å². The monoisotopic (exact) mass is 472 g/mol. The van der Waals surface area contributed by atoms with Crippen LogP contribution < -0.4 is 5.32 Å². The second-order valence-corrected chi connectivity index (χ2v) is 9.81. The number of carbonyl (C=O) groups excluding carboxylic acids is 2. The number of amides is 2. The van der Waals surface area contributed by atoms with Gasteiger partial charge in [0.05, 0.1) is 10.6 Å². The van der Waals surface area contributed by atoms with Crippen molar-refractivity contribution in [3.05, 3.63) is 100 Å². The highest BCUT2D eigenvalue weighted by molar-refractivity contribution is 8.04. The lowest BCUT2D eigenvalue weighted by Gasteiger charge is -2.32. The molecule has 6 heteroatoms. The molecule has 0 unspecified atom stereocenters. The number of likely N-dealkylation sites (tertiary alicyclic amines) is 1. The number of carbonyl (C=O) groups is 2. The zero-order valence-corrected chi connectivity index (χ0v) is 19.5. The van der Waals surface area contributed by atoms with Crippen LogP contribution in [0.3, 0.4) is 0 Å². The second-order valence-electron chi connectivity index (χ2n) is 8.72. The number of piperidine rings is 1. The number of hydrogen-bond donors (Lipinski definition) is 1. The molecule has 2 aliphatic heterocycles. The van der Waals surface area contributed by atoms with Crippen molar-refractivity contribution in [1.82, 2.24) is 4.90 Å². The molecule has 0 atom stereocenters. The van der Waals surface area contributed by atoms with Crippen LogP contribution in [-0.4, -0.2) is 29.8 Å². The number of nitrogens with zero attached hydrogens (tertiary/aromatic N) is 1. The zero-order chi connectivity index (χ0) is 23.5. The lowest BCUT2D eigenvalue weighted by atomic mass is 9.90.